The molecule has 1 N–H and O–H groups in total. The van der Waals surface area contributed by atoms with Crippen LogP contribution < -0.4 is 0 Å². The van der Waals surface area contributed by atoms with Crippen LogP contribution in [0.3, 0.4) is 0 Å². The van der Waals surface area contributed by atoms with E-state index in [1.54, 1.807) is 24.9 Å². The van der Waals surface area contributed by atoms with Gasteiger partial charge in [-0.1, -0.05) is 48.2 Å². The molecule has 20 heavy (non-hydrogen) atoms. The molecular weight excluding hydrogens is 266 g/mol. The van der Waals surface area contributed by atoms with Crippen molar-refractivity contribution < 1.29 is 5.11 Å². The van der Waals surface area contributed by atoms with E-state index in [1.807, 2.05) is 24.3 Å². The average molecular weight is 281 g/mol. The lowest BCUT2D eigenvalue weighted by molar-refractivity contribution is 0.195. The van der Waals surface area contributed by atoms with Crippen LogP contribution in [-0.2, 0) is 0 Å². The SMILES string of the molecule is C[C@@H](O)c1cccnc1Sc1ccc2ccccc2c1. The molecule has 1 atom stereocenters. The molecule has 0 aliphatic rings. The lowest BCUT2D eigenvalue weighted by Gasteiger charge is -2.10. The topological polar surface area (TPSA) is 33.1 Å². The molecule has 0 spiro atoms. The Hall–Kier alpha value is -1.84. The van der Waals surface area contributed by atoms with Gasteiger partial charge < -0.3 is 5.11 Å². The summed E-state index contributed by atoms with van der Waals surface area (Å²) in [6.45, 7) is 1.77. The fraction of sp³-hybridized carbons (Fsp3) is 0.118. The lowest BCUT2D eigenvalue weighted by atomic mass is 10.1. The second-order valence-electron chi connectivity index (χ2n) is 4.68. The van der Waals surface area contributed by atoms with Crippen LogP contribution in [0.5, 0.6) is 0 Å². The third kappa shape index (κ3) is 2.69. The van der Waals surface area contributed by atoms with Crippen LogP contribution in [0.25, 0.3) is 10.8 Å². The standard InChI is InChI=1S/C17H15NOS/c1-12(19)16-7-4-10-18-17(16)20-15-9-8-13-5-2-3-6-14(13)11-15/h2-12,19H,1H3/t12-/m1/s1. The molecule has 3 aromatic rings. The zero-order valence-corrected chi connectivity index (χ0v) is 12.0. The van der Waals surface area contributed by atoms with Gasteiger partial charge in [0.25, 0.3) is 0 Å². The quantitative estimate of drug-likeness (QED) is 0.770. The molecule has 0 aliphatic heterocycles. The minimum Gasteiger partial charge on any atom is -0.389 e. The largest absolute Gasteiger partial charge is 0.389 e. The predicted molar refractivity (Wildman–Crippen MR) is 82.9 cm³/mol. The number of benzene rings is 2. The molecular formula is C17H15NOS. The van der Waals surface area contributed by atoms with Crippen molar-refractivity contribution in [2.75, 3.05) is 0 Å². The Kier molecular flexibility index (Phi) is 3.72. The van der Waals surface area contributed by atoms with Crippen molar-refractivity contribution in [1.82, 2.24) is 4.98 Å². The monoisotopic (exact) mass is 281 g/mol. The summed E-state index contributed by atoms with van der Waals surface area (Å²) in [5.74, 6) is 0. The third-order valence-corrected chi connectivity index (χ3v) is 4.21. The van der Waals surface area contributed by atoms with E-state index >= 15 is 0 Å². The number of rotatable bonds is 3. The highest BCUT2D eigenvalue weighted by atomic mass is 32.2. The molecule has 0 saturated carbocycles. The van der Waals surface area contributed by atoms with E-state index in [-0.39, 0.29) is 0 Å². The van der Waals surface area contributed by atoms with Crippen molar-refractivity contribution in [3.63, 3.8) is 0 Å². The molecule has 0 saturated heterocycles. The first-order valence-electron chi connectivity index (χ1n) is 6.54. The zero-order valence-electron chi connectivity index (χ0n) is 11.2. The number of fused-ring (bicyclic) bond motifs is 1. The third-order valence-electron chi connectivity index (χ3n) is 3.19. The summed E-state index contributed by atoms with van der Waals surface area (Å²) in [6, 6.07) is 18.4. The van der Waals surface area contributed by atoms with Crippen molar-refractivity contribution >= 4 is 22.5 Å². The van der Waals surface area contributed by atoms with Crippen molar-refractivity contribution in [3.8, 4) is 0 Å². The molecule has 0 radical (unpaired) electrons. The fourth-order valence-corrected chi connectivity index (χ4v) is 3.16. The summed E-state index contributed by atoms with van der Waals surface area (Å²) in [7, 11) is 0. The van der Waals surface area contributed by atoms with Gasteiger partial charge in [0.05, 0.1) is 6.10 Å². The maximum Gasteiger partial charge on any atom is 0.106 e. The molecule has 0 aliphatic carbocycles. The van der Waals surface area contributed by atoms with Crippen LogP contribution in [-0.4, -0.2) is 10.1 Å². The Morgan fingerprint density at radius 2 is 1.80 bits per heavy atom. The van der Waals surface area contributed by atoms with E-state index in [9.17, 15) is 5.11 Å². The van der Waals surface area contributed by atoms with Crippen LogP contribution in [0.1, 0.15) is 18.6 Å². The molecule has 0 unspecified atom stereocenters. The highest BCUT2D eigenvalue weighted by molar-refractivity contribution is 7.99. The van der Waals surface area contributed by atoms with Crippen molar-refractivity contribution in [2.24, 2.45) is 0 Å². The Bertz CT molecular complexity index is 740. The van der Waals surface area contributed by atoms with Crippen LogP contribution in [0.15, 0.2) is 70.7 Å². The van der Waals surface area contributed by atoms with Crippen LogP contribution in [0.2, 0.25) is 0 Å². The molecule has 0 bridgehead atoms. The van der Waals surface area contributed by atoms with E-state index in [4.69, 9.17) is 0 Å². The summed E-state index contributed by atoms with van der Waals surface area (Å²) in [5.41, 5.74) is 0.866. The molecule has 2 aromatic carbocycles. The molecule has 1 heterocycles. The first kappa shape index (κ1) is 13.2. The van der Waals surface area contributed by atoms with Gasteiger partial charge in [-0.3, -0.25) is 0 Å². The highest BCUT2D eigenvalue weighted by Gasteiger charge is 2.10. The first-order chi connectivity index (χ1) is 9.74. The second-order valence-corrected chi connectivity index (χ2v) is 5.75. The van der Waals surface area contributed by atoms with Gasteiger partial charge in [0.2, 0.25) is 0 Å². The van der Waals surface area contributed by atoms with Crippen molar-refractivity contribution in [1.29, 1.82) is 0 Å². The highest BCUT2D eigenvalue weighted by Crippen LogP contribution is 2.32. The van der Waals surface area contributed by atoms with E-state index in [1.165, 1.54) is 10.8 Å². The van der Waals surface area contributed by atoms with Crippen LogP contribution in [0, 0.1) is 0 Å². The van der Waals surface area contributed by atoms with E-state index < -0.39 is 6.10 Å². The van der Waals surface area contributed by atoms with Crippen LogP contribution >= 0.6 is 11.8 Å². The number of hydrogen-bond acceptors (Lipinski definition) is 3. The molecule has 0 amide bonds. The molecule has 100 valence electrons. The van der Waals surface area contributed by atoms with Gasteiger partial charge in [-0.2, -0.15) is 0 Å². The number of aliphatic hydroxyl groups is 1. The molecule has 1 aromatic heterocycles. The Balaban J connectivity index is 1.97. The van der Waals surface area contributed by atoms with E-state index in [2.05, 4.69) is 35.3 Å². The fourth-order valence-electron chi connectivity index (χ4n) is 2.15. The molecule has 3 heteroatoms. The normalized spacial score (nSPS) is 12.5. The van der Waals surface area contributed by atoms with Crippen LogP contribution in [0.4, 0.5) is 0 Å². The maximum absolute atomic E-state index is 9.80. The van der Waals surface area contributed by atoms with Gasteiger partial charge in [-0.15, -0.1) is 0 Å². The van der Waals surface area contributed by atoms with E-state index in [0.29, 0.717) is 0 Å². The zero-order chi connectivity index (χ0) is 13.9. The van der Waals surface area contributed by atoms with Gasteiger partial charge in [-0.05, 0) is 35.9 Å². The number of hydrogen-bond donors (Lipinski definition) is 1. The number of nitrogens with zero attached hydrogens (tertiary/aromatic N) is 1. The van der Waals surface area contributed by atoms with Crippen molar-refractivity contribution in [2.45, 2.75) is 22.9 Å². The van der Waals surface area contributed by atoms with E-state index in [0.717, 1.165) is 15.5 Å². The Labute approximate surface area is 122 Å². The number of aliphatic hydroxyl groups excluding tert-OH is 1. The molecule has 2 nitrogen and oxygen atoms in total. The first-order valence-corrected chi connectivity index (χ1v) is 7.35. The summed E-state index contributed by atoms with van der Waals surface area (Å²) >= 11 is 1.59. The predicted octanol–water partition coefficient (Wildman–Crippen LogP) is 4.44. The summed E-state index contributed by atoms with van der Waals surface area (Å²) in [6.07, 6.45) is 1.25. The minimum atomic E-state index is -0.508. The summed E-state index contributed by atoms with van der Waals surface area (Å²) in [5, 5.41) is 13.1. The minimum absolute atomic E-state index is 0.508. The van der Waals surface area contributed by atoms with Gasteiger partial charge in [0.1, 0.15) is 5.03 Å². The molecule has 0 fully saturated rings. The lowest BCUT2D eigenvalue weighted by Crippen LogP contribution is -1.95. The van der Waals surface area contributed by atoms with Gasteiger partial charge >= 0.3 is 0 Å². The summed E-state index contributed by atoms with van der Waals surface area (Å²) < 4.78 is 0. The average Bonchev–Trinajstić information content (AvgIpc) is 2.47. The number of aromatic nitrogens is 1. The smallest absolute Gasteiger partial charge is 0.106 e. The summed E-state index contributed by atoms with van der Waals surface area (Å²) in [4.78, 5) is 5.51. The van der Waals surface area contributed by atoms with Crippen molar-refractivity contribution in [3.05, 3.63) is 66.4 Å². The molecule has 3 rings (SSSR count). The van der Waals surface area contributed by atoms with Gasteiger partial charge in [-0.25, -0.2) is 4.98 Å². The second kappa shape index (κ2) is 5.65. The Morgan fingerprint density at radius 3 is 2.60 bits per heavy atom. The Morgan fingerprint density at radius 1 is 1.00 bits per heavy atom. The maximum atomic E-state index is 9.80. The number of pyridine rings is 1. The van der Waals surface area contributed by atoms with Gasteiger partial charge in [0.15, 0.2) is 0 Å². The van der Waals surface area contributed by atoms with Gasteiger partial charge in [0, 0.05) is 16.7 Å².